The summed E-state index contributed by atoms with van der Waals surface area (Å²) in [6.45, 7) is 0.631. The van der Waals surface area contributed by atoms with Crippen LogP contribution in [0.2, 0.25) is 0 Å². The second-order valence-electron chi connectivity index (χ2n) is 6.91. The topological polar surface area (TPSA) is 82.1 Å². The molecular formula is C20H21N3O4. The molecule has 3 amide bonds. The van der Waals surface area contributed by atoms with Crippen molar-refractivity contribution in [2.75, 3.05) is 20.7 Å². The number of nitrogens with one attached hydrogen (secondary N) is 1. The fourth-order valence-electron chi connectivity index (χ4n) is 3.85. The first kappa shape index (κ1) is 17.5. The Kier molecular flexibility index (Phi) is 4.13. The highest BCUT2D eigenvalue weighted by molar-refractivity contribution is 6.07. The van der Waals surface area contributed by atoms with E-state index in [2.05, 4.69) is 5.32 Å². The summed E-state index contributed by atoms with van der Waals surface area (Å²) < 4.78 is 5.24. The van der Waals surface area contributed by atoms with Crippen LogP contribution in [0.15, 0.2) is 48.5 Å². The summed E-state index contributed by atoms with van der Waals surface area (Å²) in [6.07, 6.45) is -0.883. The standard InChI is InChI=1S/C20H21N3O4/c1-22-18(25)20(21-19(22)26,14-6-4-3-5-7-14)12-23-11-13-8-9-15(27-2)10-16(13)17(23)24/h3-10,17,24H,11-12H2,1-2H3,(H,21,26). The lowest BCUT2D eigenvalue weighted by Gasteiger charge is -2.33. The number of aliphatic hydroxyl groups excluding tert-OH is 1. The highest BCUT2D eigenvalue weighted by Gasteiger charge is 2.53. The number of hydrogen-bond donors (Lipinski definition) is 2. The highest BCUT2D eigenvalue weighted by Crippen LogP contribution is 2.38. The van der Waals surface area contributed by atoms with Gasteiger partial charge in [0.2, 0.25) is 0 Å². The summed E-state index contributed by atoms with van der Waals surface area (Å²) in [5.41, 5.74) is 1.17. The summed E-state index contributed by atoms with van der Waals surface area (Å²) in [4.78, 5) is 28.1. The molecule has 140 valence electrons. The summed E-state index contributed by atoms with van der Waals surface area (Å²) in [5.74, 6) is 0.330. The van der Waals surface area contributed by atoms with E-state index in [9.17, 15) is 14.7 Å². The van der Waals surface area contributed by atoms with Crippen LogP contribution in [0.25, 0.3) is 0 Å². The smallest absolute Gasteiger partial charge is 0.325 e. The minimum absolute atomic E-state index is 0.157. The maximum atomic E-state index is 13.0. The first-order chi connectivity index (χ1) is 13.0. The Morgan fingerprint density at radius 2 is 1.96 bits per heavy atom. The molecule has 0 aliphatic carbocycles. The van der Waals surface area contributed by atoms with Crippen LogP contribution in [0.1, 0.15) is 22.9 Å². The molecule has 1 saturated heterocycles. The molecule has 2 heterocycles. The van der Waals surface area contributed by atoms with Gasteiger partial charge in [-0.3, -0.25) is 14.6 Å². The van der Waals surface area contributed by atoms with E-state index in [-0.39, 0.29) is 12.5 Å². The van der Waals surface area contributed by atoms with Crippen molar-refractivity contribution in [3.8, 4) is 5.75 Å². The molecule has 2 aromatic carbocycles. The van der Waals surface area contributed by atoms with Crippen LogP contribution >= 0.6 is 0 Å². The van der Waals surface area contributed by atoms with Gasteiger partial charge in [0.1, 0.15) is 12.0 Å². The number of carbonyl (C=O) groups is 2. The molecule has 0 radical (unpaired) electrons. The number of methoxy groups -OCH3 is 1. The molecule has 7 heteroatoms. The van der Waals surface area contributed by atoms with Crippen molar-refractivity contribution in [2.45, 2.75) is 18.3 Å². The maximum Gasteiger partial charge on any atom is 0.325 e. The largest absolute Gasteiger partial charge is 0.497 e. The third-order valence-corrected chi connectivity index (χ3v) is 5.35. The van der Waals surface area contributed by atoms with Crippen molar-refractivity contribution >= 4 is 11.9 Å². The predicted octanol–water partition coefficient (Wildman–Crippen LogP) is 1.58. The van der Waals surface area contributed by atoms with Crippen molar-refractivity contribution in [2.24, 2.45) is 0 Å². The van der Waals surface area contributed by atoms with Gasteiger partial charge in [-0.2, -0.15) is 0 Å². The number of fused-ring (bicyclic) bond motifs is 1. The number of nitrogens with zero attached hydrogens (tertiary/aromatic N) is 2. The van der Waals surface area contributed by atoms with Crippen molar-refractivity contribution < 1.29 is 19.4 Å². The fraction of sp³-hybridized carbons (Fsp3) is 0.300. The lowest BCUT2D eigenvalue weighted by molar-refractivity contribution is -0.132. The molecule has 7 nitrogen and oxygen atoms in total. The normalized spacial score (nSPS) is 24.9. The third kappa shape index (κ3) is 2.67. The van der Waals surface area contributed by atoms with E-state index in [1.54, 1.807) is 18.1 Å². The van der Waals surface area contributed by atoms with Gasteiger partial charge in [0, 0.05) is 25.7 Å². The quantitative estimate of drug-likeness (QED) is 0.802. The number of carbonyl (C=O) groups excluding carboxylic acids is 2. The van der Waals surface area contributed by atoms with Gasteiger partial charge in [-0.05, 0) is 23.3 Å². The average Bonchev–Trinajstić information content (AvgIpc) is 3.12. The first-order valence-electron chi connectivity index (χ1n) is 8.71. The summed E-state index contributed by atoms with van der Waals surface area (Å²) in [5, 5.41) is 13.7. The fourth-order valence-corrected chi connectivity index (χ4v) is 3.85. The SMILES string of the molecule is COc1ccc2c(c1)C(O)N(CC1(c3ccccc3)NC(=O)N(C)C1=O)C2. The molecule has 0 spiro atoms. The van der Waals surface area contributed by atoms with E-state index in [1.807, 2.05) is 42.5 Å². The van der Waals surface area contributed by atoms with E-state index in [1.165, 1.54) is 7.05 Å². The van der Waals surface area contributed by atoms with E-state index >= 15 is 0 Å². The Hall–Kier alpha value is -2.90. The lowest BCUT2D eigenvalue weighted by Crippen LogP contribution is -2.52. The Morgan fingerprint density at radius 3 is 2.59 bits per heavy atom. The van der Waals surface area contributed by atoms with Crippen LogP contribution in [0, 0.1) is 0 Å². The van der Waals surface area contributed by atoms with Gasteiger partial charge in [0.05, 0.1) is 7.11 Å². The van der Waals surface area contributed by atoms with E-state index in [0.717, 1.165) is 16.0 Å². The Labute approximate surface area is 157 Å². The van der Waals surface area contributed by atoms with Gasteiger partial charge in [-0.15, -0.1) is 0 Å². The molecular weight excluding hydrogens is 346 g/mol. The molecule has 0 aromatic heterocycles. The maximum absolute atomic E-state index is 13.0. The molecule has 2 aliphatic rings. The minimum Gasteiger partial charge on any atom is -0.497 e. The van der Waals surface area contributed by atoms with Crippen molar-refractivity contribution in [1.82, 2.24) is 15.1 Å². The van der Waals surface area contributed by atoms with Gasteiger partial charge in [0.25, 0.3) is 5.91 Å². The van der Waals surface area contributed by atoms with Crippen LogP contribution in [-0.4, -0.2) is 47.5 Å². The van der Waals surface area contributed by atoms with E-state index in [0.29, 0.717) is 17.9 Å². The van der Waals surface area contributed by atoms with Crippen LogP contribution in [-0.2, 0) is 16.9 Å². The summed E-state index contributed by atoms with van der Waals surface area (Å²) >= 11 is 0. The second kappa shape index (κ2) is 6.37. The van der Waals surface area contributed by atoms with Crippen LogP contribution in [0.5, 0.6) is 5.75 Å². The number of ether oxygens (including phenoxy) is 1. The van der Waals surface area contributed by atoms with E-state index in [4.69, 9.17) is 4.74 Å². The van der Waals surface area contributed by atoms with Gasteiger partial charge < -0.3 is 15.2 Å². The number of likely N-dealkylation sites (N-methyl/N-ethyl adjacent to an activating group) is 1. The van der Waals surface area contributed by atoms with Gasteiger partial charge in [0.15, 0.2) is 5.54 Å². The van der Waals surface area contributed by atoms with Crippen molar-refractivity contribution in [3.05, 3.63) is 65.2 Å². The molecule has 0 saturated carbocycles. The molecule has 27 heavy (non-hydrogen) atoms. The predicted molar refractivity (Wildman–Crippen MR) is 97.8 cm³/mol. The number of benzene rings is 2. The van der Waals surface area contributed by atoms with Crippen LogP contribution in [0.4, 0.5) is 4.79 Å². The van der Waals surface area contributed by atoms with Crippen molar-refractivity contribution in [3.63, 3.8) is 0 Å². The molecule has 4 rings (SSSR count). The van der Waals surface area contributed by atoms with Gasteiger partial charge in [-0.25, -0.2) is 4.79 Å². The average molecular weight is 367 g/mol. The van der Waals surface area contributed by atoms with E-state index < -0.39 is 17.8 Å². The molecule has 2 unspecified atom stereocenters. The number of amides is 3. The van der Waals surface area contributed by atoms with Crippen molar-refractivity contribution in [1.29, 1.82) is 0 Å². The highest BCUT2D eigenvalue weighted by atomic mass is 16.5. The summed E-state index contributed by atoms with van der Waals surface area (Å²) in [7, 11) is 3.04. The Balaban J connectivity index is 1.70. The molecule has 1 fully saturated rings. The molecule has 2 atom stereocenters. The zero-order chi connectivity index (χ0) is 19.2. The van der Waals surface area contributed by atoms with Gasteiger partial charge >= 0.3 is 6.03 Å². The summed E-state index contributed by atoms with van der Waals surface area (Å²) in [6, 6.07) is 14.3. The number of urea groups is 1. The number of aliphatic hydroxyl groups is 1. The number of imide groups is 1. The zero-order valence-corrected chi connectivity index (χ0v) is 15.2. The van der Waals surface area contributed by atoms with Gasteiger partial charge in [-0.1, -0.05) is 36.4 Å². The molecule has 2 N–H and O–H groups in total. The first-order valence-corrected chi connectivity index (χ1v) is 8.71. The third-order valence-electron chi connectivity index (χ3n) is 5.35. The molecule has 2 aromatic rings. The minimum atomic E-state index is -1.24. The Morgan fingerprint density at radius 1 is 1.22 bits per heavy atom. The second-order valence-corrected chi connectivity index (χ2v) is 6.91. The number of rotatable bonds is 4. The molecule has 2 aliphatic heterocycles. The zero-order valence-electron chi connectivity index (χ0n) is 15.2. The van der Waals surface area contributed by atoms with Crippen LogP contribution < -0.4 is 10.1 Å². The molecule has 0 bridgehead atoms. The number of hydrogen-bond acceptors (Lipinski definition) is 5. The Bertz CT molecular complexity index is 901. The van der Waals surface area contributed by atoms with Crippen LogP contribution in [0.3, 0.4) is 0 Å². The lowest BCUT2D eigenvalue weighted by atomic mass is 9.89. The monoisotopic (exact) mass is 367 g/mol.